The average molecular weight is 471 g/mol. The fourth-order valence-electron chi connectivity index (χ4n) is 4.59. The molecule has 0 aromatic heterocycles. The number of piperidine rings is 2. The van der Waals surface area contributed by atoms with Crippen LogP contribution in [0.5, 0.6) is 0 Å². The van der Waals surface area contributed by atoms with Crippen LogP contribution in [0.2, 0.25) is 0 Å². The van der Waals surface area contributed by atoms with Crippen LogP contribution in [0.1, 0.15) is 32.1 Å². The first-order valence-electron chi connectivity index (χ1n) is 11.4. The predicted molar refractivity (Wildman–Crippen MR) is 127 cm³/mol. The predicted octanol–water partition coefficient (Wildman–Crippen LogP) is 2.57. The quantitative estimate of drug-likeness (QED) is 0.674. The Morgan fingerprint density at radius 1 is 0.879 bits per heavy atom. The molecular weight excluding hydrogens is 440 g/mol. The van der Waals surface area contributed by atoms with Gasteiger partial charge in [0.05, 0.1) is 4.90 Å². The zero-order valence-corrected chi connectivity index (χ0v) is 19.3. The van der Waals surface area contributed by atoms with Gasteiger partial charge in [-0.05, 0) is 62.1 Å². The van der Waals surface area contributed by atoms with E-state index in [2.05, 4.69) is 10.2 Å². The Morgan fingerprint density at radius 2 is 1.55 bits per heavy atom. The number of rotatable bonds is 6. The van der Waals surface area contributed by atoms with Gasteiger partial charge in [0.15, 0.2) is 0 Å². The molecule has 0 radical (unpaired) electrons. The first-order valence-corrected chi connectivity index (χ1v) is 12.8. The summed E-state index contributed by atoms with van der Waals surface area (Å²) in [5.74, 6) is -0.617. The lowest BCUT2D eigenvalue weighted by Gasteiger charge is -2.34. The van der Waals surface area contributed by atoms with Gasteiger partial charge < -0.3 is 16.0 Å². The monoisotopic (exact) mass is 470 g/mol. The summed E-state index contributed by atoms with van der Waals surface area (Å²) in [4.78, 5) is 26.8. The van der Waals surface area contributed by atoms with E-state index in [0.29, 0.717) is 18.7 Å². The number of hydrogen-bond acceptors (Lipinski definition) is 5. The molecule has 2 aliphatic heterocycles. The highest BCUT2D eigenvalue weighted by Crippen LogP contribution is 2.28. The third-order valence-electron chi connectivity index (χ3n) is 6.50. The van der Waals surface area contributed by atoms with Crippen molar-refractivity contribution in [3.8, 4) is 0 Å². The van der Waals surface area contributed by atoms with Crippen LogP contribution in [0.25, 0.3) is 0 Å². The molecule has 2 amide bonds. The van der Waals surface area contributed by atoms with Crippen LogP contribution in [0.4, 0.5) is 11.4 Å². The molecule has 0 bridgehead atoms. The molecule has 2 heterocycles. The first-order chi connectivity index (χ1) is 15.9. The van der Waals surface area contributed by atoms with Gasteiger partial charge in [0.2, 0.25) is 21.8 Å². The Bertz CT molecular complexity index is 1080. The second-order valence-corrected chi connectivity index (χ2v) is 10.5. The molecule has 176 valence electrons. The molecule has 0 spiro atoms. The molecule has 3 N–H and O–H groups in total. The molecule has 9 heteroatoms. The number of amides is 2. The molecule has 0 aliphatic carbocycles. The number of anilines is 2. The number of nitrogens with zero attached hydrogens (tertiary/aromatic N) is 2. The van der Waals surface area contributed by atoms with Gasteiger partial charge in [0.25, 0.3) is 0 Å². The third kappa shape index (κ3) is 5.20. The van der Waals surface area contributed by atoms with Crippen molar-refractivity contribution < 1.29 is 18.0 Å². The number of benzene rings is 2. The summed E-state index contributed by atoms with van der Waals surface area (Å²) in [5.41, 5.74) is 7.05. The highest BCUT2D eigenvalue weighted by molar-refractivity contribution is 7.89. The normalized spacial score (nSPS) is 20.4. The van der Waals surface area contributed by atoms with E-state index in [0.717, 1.165) is 44.5 Å². The Hall–Kier alpha value is -2.91. The van der Waals surface area contributed by atoms with Gasteiger partial charge in [-0.3, -0.25) is 9.59 Å². The van der Waals surface area contributed by atoms with Crippen LogP contribution < -0.4 is 16.0 Å². The second-order valence-electron chi connectivity index (χ2n) is 8.64. The van der Waals surface area contributed by atoms with E-state index in [4.69, 9.17) is 5.73 Å². The molecule has 33 heavy (non-hydrogen) atoms. The van der Waals surface area contributed by atoms with Crippen molar-refractivity contribution in [1.29, 1.82) is 0 Å². The van der Waals surface area contributed by atoms with Gasteiger partial charge in [-0.1, -0.05) is 24.6 Å². The maximum Gasteiger partial charge on any atom is 0.243 e. The molecule has 2 fully saturated rings. The minimum Gasteiger partial charge on any atom is -0.371 e. The van der Waals surface area contributed by atoms with Crippen LogP contribution in [0.15, 0.2) is 59.5 Å². The summed E-state index contributed by atoms with van der Waals surface area (Å²) in [6.45, 7) is 1.84. The highest BCUT2D eigenvalue weighted by Gasteiger charge is 2.37. The summed E-state index contributed by atoms with van der Waals surface area (Å²) >= 11 is 0. The molecule has 1 atom stereocenters. The van der Waals surface area contributed by atoms with Crippen molar-refractivity contribution >= 4 is 33.2 Å². The minimum absolute atomic E-state index is 0.0644. The summed E-state index contributed by atoms with van der Waals surface area (Å²) in [6.07, 6.45) is 3.50. The van der Waals surface area contributed by atoms with E-state index < -0.39 is 16.1 Å². The zero-order valence-electron chi connectivity index (χ0n) is 18.5. The van der Waals surface area contributed by atoms with Crippen molar-refractivity contribution in [2.75, 3.05) is 29.9 Å². The van der Waals surface area contributed by atoms with Crippen molar-refractivity contribution in [3.05, 3.63) is 54.6 Å². The van der Waals surface area contributed by atoms with E-state index in [-0.39, 0.29) is 22.6 Å². The lowest BCUT2D eigenvalue weighted by atomic mass is 9.96. The molecule has 2 aromatic rings. The fourth-order valence-corrected chi connectivity index (χ4v) is 6.26. The Labute approximate surface area is 194 Å². The van der Waals surface area contributed by atoms with Gasteiger partial charge in [0, 0.05) is 36.9 Å². The third-order valence-corrected chi connectivity index (χ3v) is 8.43. The van der Waals surface area contributed by atoms with Gasteiger partial charge in [-0.25, -0.2) is 8.42 Å². The number of nitrogens with two attached hydrogens (primary N) is 1. The first kappa shape index (κ1) is 23.3. The zero-order chi connectivity index (χ0) is 23.4. The molecule has 8 nitrogen and oxygen atoms in total. The van der Waals surface area contributed by atoms with Crippen LogP contribution in [-0.4, -0.2) is 50.2 Å². The highest BCUT2D eigenvalue weighted by atomic mass is 32.2. The molecule has 1 unspecified atom stereocenters. The van der Waals surface area contributed by atoms with Crippen LogP contribution in [0, 0.1) is 5.92 Å². The molecule has 0 saturated carbocycles. The van der Waals surface area contributed by atoms with Crippen LogP contribution in [0.3, 0.4) is 0 Å². The molecule has 2 aliphatic rings. The van der Waals surface area contributed by atoms with Crippen molar-refractivity contribution in [1.82, 2.24) is 4.31 Å². The molecule has 4 rings (SSSR count). The lowest BCUT2D eigenvalue weighted by Crippen LogP contribution is -2.49. The summed E-state index contributed by atoms with van der Waals surface area (Å²) < 4.78 is 27.6. The minimum atomic E-state index is -3.75. The van der Waals surface area contributed by atoms with Crippen molar-refractivity contribution in [2.24, 2.45) is 11.7 Å². The second kappa shape index (κ2) is 9.93. The number of nitrogens with one attached hydrogen (secondary N) is 1. The molecular formula is C24H30N4O4S. The Balaban J connectivity index is 1.42. The van der Waals surface area contributed by atoms with Crippen LogP contribution in [-0.2, 0) is 19.6 Å². The van der Waals surface area contributed by atoms with Crippen LogP contribution >= 0.6 is 0 Å². The summed E-state index contributed by atoms with van der Waals surface area (Å²) in [5, 5.41) is 2.89. The SMILES string of the molecule is NC(=O)C1CCN(c2ccc(NC(=O)C3CCCCN3S(=O)(=O)c3ccccc3)cc2)CC1. The van der Waals surface area contributed by atoms with E-state index in [1.165, 1.54) is 4.31 Å². The van der Waals surface area contributed by atoms with E-state index in [9.17, 15) is 18.0 Å². The molecule has 2 aromatic carbocycles. The Morgan fingerprint density at radius 3 is 2.18 bits per heavy atom. The Kier molecular flexibility index (Phi) is 6.99. The maximum absolute atomic E-state index is 13.2. The van der Waals surface area contributed by atoms with E-state index in [1.54, 1.807) is 30.3 Å². The van der Waals surface area contributed by atoms with Gasteiger partial charge in [-0.2, -0.15) is 4.31 Å². The lowest BCUT2D eigenvalue weighted by molar-refractivity contribution is -0.122. The van der Waals surface area contributed by atoms with Gasteiger partial charge in [-0.15, -0.1) is 0 Å². The summed E-state index contributed by atoms with van der Waals surface area (Å²) in [6, 6.07) is 15.0. The number of carbonyl (C=O) groups excluding carboxylic acids is 2. The largest absolute Gasteiger partial charge is 0.371 e. The number of primary amides is 1. The van der Waals surface area contributed by atoms with Gasteiger partial charge >= 0.3 is 0 Å². The van der Waals surface area contributed by atoms with Crippen molar-refractivity contribution in [2.45, 2.75) is 43.0 Å². The number of carbonyl (C=O) groups is 2. The van der Waals surface area contributed by atoms with E-state index >= 15 is 0 Å². The smallest absolute Gasteiger partial charge is 0.243 e. The number of hydrogen-bond donors (Lipinski definition) is 2. The standard InChI is InChI=1S/C24H30N4O4S/c25-23(29)18-13-16-27(17-14-18)20-11-9-19(10-12-20)26-24(30)22-8-4-5-15-28(22)33(31,32)21-6-2-1-3-7-21/h1-3,6-7,9-12,18,22H,4-5,8,13-17H2,(H2,25,29)(H,26,30). The topological polar surface area (TPSA) is 113 Å². The number of sulfonamides is 1. The molecule has 2 saturated heterocycles. The summed E-state index contributed by atoms with van der Waals surface area (Å²) in [7, 11) is -3.75. The van der Waals surface area contributed by atoms with Gasteiger partial charge in [0.1, 0.15) is 6.04 Å². The van der Waals surface area contributed by atoms with Crippen molar-refractivity contribution in [3.63, 3.8) is 0 Å². The maximum atomic E-state index is 13.2. The fraction of sp³-hybridized carbons (Fsp3) is 0.417. The average Bonchev–Trinajstić information content (AvgIpc) is 2.85. The van der Waals surface area contributed by atoms with E-state index in [1.807, 2.05) is 24.3 Å².